The van der Waals surface area contributed by atoms with Crippen molar-refractivity contribution in [3.63, 3.8) is 0 Å². The van der Waals surface area contributed by atoms with E-state index in [1.54, 1.807) is 0 Å². The van der Waals surface area contributed by atoms with E-state index in [0.717, 1.165) is 18.1 Å². The first kappa shape index (κ1) is 20.5. The predicted octanol–water partition coefficient (Wildman–Crippen LogP) is 1.71. The van der Waals surface area contributed by atoms with Crippen LogP contribution in [0.15, 0.2) is 36.4 Å². The van der Waals surface area contributed by atoms with Crippen LogP contribution >= 0.6 is 0 Å². The number of anilines is 1. The normalized spacial score (nSPS) is 12.5. The third-order valence-electron chi connectivity index (χ3n) is 4.45. The minimum atomic E-state index is -0.856. The number of carbonyl (C=O) groups excluding carboxylic acids is 4. The summed E-state index contributed by atoms with van der Waals surface area (Å²) >= 11 is 0. The topological polar surface area (TPSA) is 156 Å². The lowest BCUT2D eigenvalue weighted by Gasteiger charge is -2.14. The van der Waals surface area contributed by atoms with Crippen LogP contribution < -0.4 is 5.32 Å². The minimum Gasteiger partial charge on any atom is -0.505 e. The number of esters is 1. The summed E-state index contributed by atoms with van der Waals surface area (Å²) < 4.78 is 4.53. The molecule has 1 aliphatic heterocycles. The summed E-state index contributed by atoms with van der Waals surface area (Å²) in [6.07, 6.45) is -0.332. The number of methoxy groups -OCH3 is 1. The molecule has 1 heterocycles. The second kappa shape index (κ2) is 7.99. The highest BCUT2D eigenvalue weighted by Gasteiger charge is 2.40. The average molecular weight is 413 g/mol. The molecule has 11 nitrogen and oxygen atoms in total. The van der Waals surface area contributed by atoms with Crippen molar-refractivity contribution in [3.05, 3.63) is 63.2 Å². The molecule has 0 aliphatic carbocycles. The summed E-state index contributed by atoms with van der Waals surface area (Å²) in [5.74, 6) is -3.53. The number of rotatable bonds is 6. The molecule has 2 aromatic rings. The monoisotopic (exact) mass is 413 g/mol. The zero-order valence-corrected chi connectivity index (χ0v) is 15.6. The Bertz CT molecular complexity index is 1100. The lowest BCUT2D eigenvalue weighted by atomic mass is 10.1. The van der Waals surface area contributed by atoms with Crippen molar-refractivity contribution >= 4 is 35.1 Å². The van der Waals surface area contributed by atoms with Crippen molar-refractivity contribution in [2.45, 2.75) is 6.42 Å². The summed E-state index contributed by atoms with van der Waals surface area (Å²) in [7, 11) is 1.14. The third-order valence-corrected chi connectivity index (χ3v) is 4.45. The first-order chi connectivity index (χ1) is 14.3. The highest BCUT2D eigenvalue weighted by molar-refractivity contribution is 6.23. The molecular formula is C19H15N3O8. The molecule has 0 unspecified atom stereocenters. The maximum atomic E-state index is 12.5. The van der Waals surface area contributed by atoms with Gasteiger partial charge >= 0.3 is 5.97 Å². The van der Waals surface area contributed by atoms with Crippen LogP contribution in [0.4, 0.5) is 11.4 Å². The molecule has 0 saturated heterocycles. The molecule has 3 amide bonds. The minimum absolute atomic E-state index is 0.0547. The largest absolute Gasteiger partial charge is 0.505 e. The van der Waals surface area contributed by atoms with E-state index < -0.39 is 40.1 Å². The van der Waals surface area contributed by atoms with Gasteiger partial charge in [-0.2, -0.15) is 0 Å². The number of aromatic hydroxyl groups is 1. The van der Waals surface area contributed by atoms with Crippen LogP contribution in [0, 0.1) is 10.1 Å². The van der Waals surface area contributed by atoms with Crippen molar-refractivity contribution in [1.82, 2.24) is 4.90 Å². The smallest absolute Gasteiger partial charge is 0.341 e. The maximum Gasteiger partial charge on any atom is 0.341 e. The van der Waals surface area contributed by atoms with Gasteiger partial charge in [-0.1, -0.05) is 12.1 Å². The molecule has 30 heavy (non-hydrogen) atoms. The molecule has 2 N–H and O–H groups in total. The van der Waals surface area contributed by atoms with Gasteiger partial charge in [-0.15, -0.1) is 0 Å². The Balaban J connectivity index is 1.71. The van der Waals surface area contributed by atoms with E-state index in [0.29, 0.717) is 0 Å². The van der Waals surface area contributed by atoms with Crippen molar-refractivity contribution in [1.29, 1.82) is 0 Å². The number of nitrogens with one attached hydrogen (secondary N) is 1. The van der Waals surface area contributed by atoms with Crippen molar-refractivity contribution in [2.24, 2.45) is 0 Å². The van der Waals surface area contributed by atoms with Gasteiger partial charge in [-0.25, -0.2) is 4.79 Å². The second-order valence-electron chi connectivity index (χ2n) is 6.21. The Morgan fingerprint density at radius 1 is 1.17 bits per heavy atom. The van der Waals surface area contributed by atoms with Gasteiger partial charge in [0, 0.05) is 19.0 Å². The molecule has 154 valence electrons. The Morgan fingerprint density at radius 2 is 1.87 bits per heavy atom. The number of amides is 3. The third kappa shape index (κ3) is 3.55. The zero-order chi connectivity index (χ0) is 22.0. The molecule has 3 rings (SSSR count). The molecule has 0 bridgehead atoms. The van der Waals surface area contributed by atoms with Crippen LogP contribution in [0.25, 0.3) is 0 Å². The van der Waals surface area contributed by atoms with Crippen LogP contribution in [0.5, 0.6) is 5.75 Å². The first-order valence-electron chi connectivity index (χ1n) is 8.60. The molecule has 11 heteroatoms. The zero-order valence-electron chi connectivity index (χ0n) is 15.6. The van der Waals surface area contributed by atoms with Gasteiger partial charge in [0.1, 0.15) is 11.1 Å². The number of hydrogen-bond donors (Lipinski definition) is 2. The highest BCUT2D eigenvalue weighted by atomic mass is 16.6. The molecule has 1 aliphatic rings. The fraction of sp³-hybridized carbons (Fsp3) is 0.158. The van der Waals surface area contributed by atoms with Gasteiger partial charge in [0.2, 0.25) is 5.91 Å². The van der Waals surface area contributed by atoms with Crippen molar-refractivity contribution in [2.75, 3.05) is 19.0 Å². The number of nitro groups is 1. The maximum absolute atomic E-state index is 12.5. The molecule has 0 fully saturated rings. The summed E-state index contributed by atoms with van der Waals surface area (Å²) in [5, 5.41) is 23.6. The van der Waals surface area contributed by atoms with E-state index in [1.165, 1.54) is 30.3 Å². The predicted molar refractivity (Wildman–Crippen MR) is 101 cm³/mol. The Hall–Kier alpha value is -4.28. The van der Waals surface area contributed by atoms with Crippen LogP contribution in [0.3, 0.4) is 0 Å². The van der Waals surface area contributed by atoms with E-state index in [4.69, 9.17) is 0 Å². The van der Waals surface area contributed by atoms with Gasteiger partial charge in [0.25, 0.3) is 17.5 Å². The fourth-order valence-electron chi connectivity index (χ4n) is 3.02. The van der Waals surface area contributed by atoms with Gasteiger partial charge in [-0.3, -0.25) is 29.4 Å². The molecule has 0 radical (unpaired) electrons. The number of phenolic OH excluding ortho intramolecular Hbond substituents is 1. The number of phenols is 1. The number of carbonyl (C=O) groups is 4. The van der Waals surface area contributed by atoms with Gasteiger partial charge in [0.15, 0.2) is 5.75 Å². The van der Waals surface area contributed by atoms with Gasteiger partial charge in [-0.05, 0) is 18.2 Å². The van der Waals surface area contributed by atoms with Crippen molar-refractivity contribution in [3.8, 4) is 5.75 Å². The number of ether oxygens (including phenoxy) is 1. The molecule has 0 aromatic heterocycles. The van der Waals surface area contributed by atoms with Gasteiger partial charge < -0.3 is 15.2 Å². The molecule has 2 aromatic carbocycles. The number of benzene rings is 2. The number of nitro benzene ring substituents is 1. The van der Waals surface area contributed by atoms with Gasteiger partial charge in [0.05, 0.1) is 23.3 Å². The summed E-state index contributed by atoms with van der Waals surface area (Å²) in [6, 6.07) is 7.81. The molecule has 0 atom stereocenters. The highest BCUT2D eigenvalue weighted by Crippen LogP contribution is 2.31. The van der Waals surface area contributed by atoms with E-state index in [9.17, 15) is 34.4 Å². The van der Waals surface area contributed by atoms with E-state index in [2.05, 4.69) is 10.1 Å². The number of hydrogen-bond acceptors (Lipinski definition) is 8. The van der Waals surface area contributed by atoms with Crippen LogP contribution in [-0.4, -0.2) is 52.3 Å². The second-order valence-corrected chi connectivity index (χ2v) is 6.21. The standard InChI is InChI=1S/C19H15N3O8/c1-30-19(27)11-5-2-6-12(16(11)24)20-14(23)8-9-21-17(25)10-4-3-7-13(22(28)29)15(10)18(21)26/h2-7,24H,8-9H2,1H3,(H,20,23). The molecule has 0 saturated carbocycles. The number of imide groups is 1. The number of nitrogens with zero attached hydrogens (tertiary/aromatic N) is 2. The Morgan fingerprint density at radius 3 is 2.53 bits per heavy atom. The van der Waals surface area contributed by atoms with Crippen LogP contribution in [-0.2, 0) is 9.53 Å². The van der Waals surface area contributed by atoms with E-state index in [-0.39, 0.29) is 35.3 Å². The Labute approximate surface area is 169 Å². The van der Waals surface area contributed by atoms with E-state index >= 15 is 0 Å². The number of fused-ring (bicyclic) bond motifs is 1. The summed E-state index contributed by atoms with van der Waals surface area (Å²) in [6.45, 7) is -0.327. The summed E-state index contributed by atoms with van der Waals surface area (Å²) in [4.78, 5) is 59.9. The van der Waals surface area contributed by atoms with Crippen LogP contribution in [0.2, 0.25) is 0 Å². The molecule has 0 spiro atoms. The Kier molecular flexibility index (Phi) is 5.45. The SMILES string of the molecule is COC(=O)c1cccc(NC(=O)CCN2C(=O)c3cccc([N+](=O)[O-])c3C2=O)c1O. The number of para-hydroxylation sites is 1. The van der Waals surface area contributed by atoms with Crippen molar-refractivity contribution < 1.29 is 33.9 Å². The first-order valence-corrected chi connectivity index (χ1v) is 8.60. The quantitative estimate of drug-likeness (QED) is 0.238. The van der Waals surface area contributed by atoms with E-state index in [1.807, 2.05) is 0 Å². The lowest BCUT2D eigenvalue weighted by Crippen LogP contribution is -2.33. The fourth-order valence-corrected chi connectivity index (χ4v) is 3.02. The molecular weight excluding hydrogens is 398 g/mol. The van der Waals surface area contributed by atoms with Crippen LogP contribution in [0.1, 0.15) is 37.5 Å². The average Bonchev–Trinajstić information content (AvgIpc) is 2.97. The summed E-state index contributed by atoms with van der Waals surface area (Å²) in [5.41, 5.74) is -1.10. The lowest BCUT2D eigenvalue weighted by molar-refractivity contribution is -0.385.